The van der Waals surface area contributed by atoms with Crippen molar-refractivity contribution < 1.29 is 39.2 Å². The van der Waals surface area contributed by atoms with Crippen molar-refractivity contribution in [2.24, 2.45) is 11.7 Å². The first kappa shape index (κ1) is 26.4. The first-order valence-electron chi connectivity index (χ1n) is 11.8. The van der Waals surface area contributed by atoms with Crippen LogP contribution in [0.4, 0.5) is 0 Å². The first-order valence-corrected chi connectivity index (χ1v) is 11.8. The van der Waals surface area contributed by atoms with Gasteiger partial charge in [0.1, 0.15) is 11.4 Å². The Morgan fingerprint density at radius 2 is 1.69 bits per heavy atom. The van der Waals surface area contributed by atoms with Crippen LogP contribution in [0, 0.1) is 5.92 Å². The minimum atomic E-state index is -2.78. The van der Waals surface area contributed by atoms with Crippen LogP contribution < -0.4 is 10.5 Å². The Hall–Kier alpha value is -3.17. The molecular formula is C26H33NO8. The zero-order valence-corrected chi connectivity index (χ0v) is 19.8. The van der Waals surface area contributed by atoms with Gasteiger partial charge >= 0.3 is 17.9 Å². The molecule has 1 fully saturated rings. The van der Waals surface area contributed by atoms with Crippen LogP contribution in [0.3, 0.4) is 0 Å². The molecule has 35 heavy (non-hydrogen) atoms. The Labute approximate surface area is 203 Å². The van der Waals surface area contributed by atoms with Crippen molar-refractivity contribution >= 4 is 28.7 Å². The Balaban J connectivity index is 1.74. The molecule has 0 aromatic heterocycles. The van der Waals surface area contributed by atoms with E-state index in [0.717, 1.165) is 42.9 Å². The molecule has 1 aliphatic carbocycles. The number of fused-ring (bicyclic) bond motifs is 1. The van der Waals surface area contributed by atoms with Crippen LogP contribution in [0.2, 0.25) is 0 Å². The highest BCUT2D eigenvalue weighted by Crippen LogP contribution is 2.39. The zero-order chi connectivity index (χ0) is 25.6. The maximum absolute atomic E-state index is 12.4. The Bertz CT molecular complexity index is 1070. The number of benzene rings is 2. The van der Waals surface area contributed by atoms with Gasteiger partial charge in [0, 0.05) is 6.42 Å². The summed E-state index contributed by atoms with van der Waals surface area (Å²) in [5, 5.41) is 30.3. The van der Waals surface area contributed by atoms with Crippen molar-refractivity contribution in [3.8, 4) is 5.75 Å². The van der Waals surface area contributed by atoms with Crippen LogP contribution >= 0.6 is 0 Å². The van der Waals surface area contributed by atoms with E-state index in [9.17, 15) is 24.6 Å². The van der Waals surface area contributed by atoms with Crippen molar-refractivity contribution in [3.63, 3.8) is 0 Å². The summed E-state index contributed by atoms with van der Waals surface area (Å²) in [6.07, 6.45) is 1.93. The van der Waals surface area contributed by atoms with Gasteiger partial charge in [0.2, 0.25) is 0 Å². The minimum absolute atomic E-state index is 0.140. The highest BCUT2D eigenvalue weighted by atomic mass is 16.6. The largest absolute Gasteiger partial charge is 0.487 e. The van der Waals surface area contributed by atoms with Crippen molar-refractivity contribution in [3.05, 3.63) is 42.5 Å². The van der Waals surface area contributed by atoms with Gasteiger partial charge in [-0.25, -0.2) is 4.79 Å². The molecule has 5 N–H and O–H groups in total. The fourth-order valence-electron chi connectivity index (χ4n) is 4.86. The van der Waals surface area contributed by atoms with Gasteiger partial charge < -0.3 is 24.8 Å². The number of ether oxygens (including phenoxy) is 2. The molecule has 9 heteroatoms. The number of nitrogens with two attached hydrogens (primary N) is 1. The summed E-state index contributed by atoms with van der Waals surface area (Å²) in [6.45, 7) is 1.93. The molecule has 0 aliphatic heterocycles. The third-order valence-electron chi connectivity index (χ3n) is 6.71. The monoisotopic (exact) mass is 487 g/mol. The lowest BCUT2D eigenvalue weighted by Crippen LogP contribution is -2.48. The van der Waals surface area contributed by atoms with E-state index in [4.69, 9.17) is 20.3 Å². The van der Waals surface area contributed by atoms with Gasteiger partial charge in [0.25, 0.3) is 0 Å². The van der Waals surface area contributed by atoms with E-state index in [1.54, 1.807) is 0 Å². The quantitative estimate of drug-likeness (QED) is 0.275. The second kappa shape index (κ2) is 11.0. The Morgan fingerprint density at radius 1 is 1.03 bits per heavy atom. The molecule has 9 nitrogen and oxygen atoms in total. The number of aliphatic hydroxyl groups is 1. The maximum atomic E-state index is 12.4. The molecule has 0 radical (unpaired) electrons. The Morgan fingerprint density at radius 3 is 2.31 bits per heavy atom. The average molecular weight is 488 g/mol. The van der Waals surface area contributed by atoms with Crippen LogP contribution in [0.1, 0.15) is 58.3 Å². The van der Waals surface area contributed by atoms with Crippen molar-refractivity contribution in [1.29, 1.82) is 0 Å². The number of carbonyl (C=O) groups is 3. The normalized spacial score (nSPS) is 18.7. The number of rotatable bonds is 11. The van der Waals surface area contributed by atoms with Gasteiger partial charge in [-0.1, -0.05) is 49.6 Å². The number of carboxylic acid groups (broad SMARTS) is 2. The van der Waals surface area contributed by atoms with Gasteiger partial charge in [-0.3, -0.25) is 15.3 Å². The number of hydrogen-bond acceptors (Lipinski definition) is 7. The second-order valence-corrected chi connectivity index (χ2v) is 9.58. The predicted molar refractivity (Wildman–Crippen MR) is 128 cm³/mol. The number of carbonyl (C=O) groups excluding carboxylic acids is 1. The number of aliphatic carboxylic acids is 2. The molecule has 0 saturated heterocycles. The lowest BCUT2D eigenvalue weighted by atomic mass is 9.75. The molecule has 2 aromatic rings. The van der Waals surface area contributed by atoms with Gasteiger partial charge in [0.05, 0.1) is 12.8 Å². The van der Waals surface area contributed by atoms with Gasteiger partial charge in [-0.15, -0.1) is 0 Å². The standard InChI is InChI=1S/C26H33NO8/c1-25(19-9-3-2-4-10-19,35-20-12-11-17-7-5-6-8-18(17)13-20)14-21(27)34-23(30)16-26(33,24(31)32)15-22(28)29/h5-8,11-13,19,21,33H,2-4,9-10,14-16,27H2,1H3,(H,28,29)(H,31,32). The molecule has 0 spiro atoms. The summed E-state index contributed by atoms with van der Waals surface area (Å²) in [7, 11) is 0. The van der Waals surface area contributed by atoms with Gasteiger partial charge in [0.15, 0.2) is 11.8 Å². The Kier molecular flexibility index (Phi) is 8.34. The third-order valence-corrected chi connectivity index (χ3v) is 6.71. The number of hydrogen-bond donors (Lipinski definition) is 4. The van der Waals surface area contributed by atoms with Crippen molar-refractivity contribution in [2.45, 2.75) is 75.7 Å². The van der Waals surface area contributed by atoms with E-state index in [1.807, 2.05) is 49.4 Å². The highest BCUT2D eigenvalue weighted by Gasteiger charge is 2.43. The molecule has 0 amide bonds. The van der Waals surface area contributed by atoms with Crippen LogP contribution in [-0.4, -0.2) is 50.7 Å². The van der Waals surface area contributed by atoms with Crippen LogP contribution in [0.5, 0.6) is 5.75 Å². The fourth-order valence-corrected chi connectivity index (χ4v) is 4.86. The lowest BCUT2D eigenvalue weighted by molar-refractivity contribution is -0.174. The van der Waals surface area contributed by atoms with E-state index >= 15 is 0 Å². The molecule has 1 aliphatic rings. The zero-order valence-electron chi connectivity index (χ0n) is 19.8. The molecular weight excluding hydrogens is 454 g/mol. The molecule has 3 rings (SSSR count). The predicted octanol–water partition coefficient (Wildman–Crippen LogP) is 3.46. The topological polar surface area (TPSA) is 156 Å². The van der Waals surface area contributed by atoms with E-state index in [0.29, 0.717) is 5.75 Å². The molecule has 190 valence electrons. The molecule has 2 aromatic carbocycles. The summed E-state index contributed by atoms with van der Waals surface area (Å²) in [6, 6.07) is 13.7. The molecule has 1 saturated carbocycles. The minimum Gasteiger partial charge on any atom is -0.487 e. The van der Waals surface area contributed by atoms with Crippen molar-refractivity contribution in [2.75, 3.05) is 0 Å². The summed E-state index contributed by atoms with van der Waals surface area (Å²) in [5.41, 5.74) is 2.59. The highest BCUT2D eigenvalue weighted by molar-refractivity contribution is 5.88. The first-order chi connectivity index (χ1) is 16.5. The van der Waals surface area contributed by atoms with Crippen LogP contribution in [0.25, 0.3) is 10.8 Å². The molecule has 0 bridgehead atoms. The number of esters is 1. The SMILES string of the molecule is CC(CC(N)OC(=O)CC(O)(CC(=O)O)C(=O)O)(Oc1ccc2ccccc2c1)C1CCCCC1. The van der Waals surface area contributed by atoms with Gasteiger partial charge in [-0.2, -0.15) is 0 Å². The van der Waals surface area contributed by atoms with Crippen molar-refractivity contribution in [1.82, 2.24) is 0 Å². The summed E-state index contributed by atoms with van der Waals surface area (Å²) in [5.74, 6) is -3.65. The van der Waals surface area contributed by atoms with E-state index in [2.05, 4.69) is 0 Å². The molecule has 0 heterocycles. The average Bonchev–Trinajstić information content (AvgIpc) is 2.78. The molecule has 3 atom stereocenters. The fraction of sp³-hybridized carbons (Fsp3) is 0.500. The lowest BCUT2D eigenvalue weighted by Gasteiger charge is -2.41. The van der Waals surface area contributed by atoms with Crippen LogP contribution in [0.15, 0.2) is 42.5 Å². The summed E-state index contributed by atoms with van der Waals surface area (Å²) < 4.78 is 11.7. The molecule has 3 unspecified atom stereocenters. The van der Waals surface area contributed by atoms with E-state index < -0.39 is 48.2 Å². The number of carboxylic acids is 2. The van der Waals surface area contributed by atoms with Crippen LogP contribution in [-0.2, 0) is 19.1 Å². The maximum Gasteiger partial charge on any atom is 0.336 e. The van der Waals surface area contributed by atoms with E-state index in [1.165, 1.54) is 0 Å². The second-order valence-electron chi connectivity index (χ2n) is 9.58. The summed E-state index contributed by atoms with van der Waals surface area (Å²) >= 11 is 0. The van der Waals surface area contributed by atoms with Gasteiger partial charge in [-0.05, 0) is 48.6 Å². The summed E-state index contributed by atoms with van der Waals surface area (Å²) in [4.78, 5) is 34.6. The smallest absolute Gasteiger partial charge is 0.336 e. The van der Waals surface area contributed by atoms with E-state index in [-0.39, 0.29) is 12.3 Å². The third kappa shape index (κ3) is 6.93.